The van der Waals surface area contributed by atoms with Crippen LogP contribution >= 0.6 is 0 Å². The lowest BCUT2D eigenvalue weighted by molar-refractivity contribution is 0.250. The maximum Gasteiger partial charge on any atom is 0.132 e. The lowest BCUT2D eigenvalue weighted by Gasteiger charge is -2.27. The van der Waals surface area contributed by atoms with Crippen molar-refractivity contribution in [3.63, 3.8) is 0 Å². The molecule has 0 saturated carbocycles. The average Bonchev–Trinajstić information content (AvgIpc) is 2.51. The van der Waals surface area contributed by atoms with Crippen molar-refractivity contribution in [1.29, 1.82) is 5.26 Å². The Balaban J connectivity index is 3.43. The van der Waals surface area contributed by atoms with Crippen LogP contribution in [0.15, 0.2) is 12.1 Å². The van der Waals surface area contributed by atoms with E-state index in [2.05, 4.69) is 6.07 Å². The number of hydrogen-bond donors (Lipinski definition) is 0. The van der Waals surface area contributed by atoms with Gasteiger partial charge in [0.15, 0.2) is 0 Å². The number of rotatable bonds is 7. The van der Waals surface area contributed by atoms with Gasteiger partial charge in [-0.2, -0.15) is 5.26 Å². The van der Waals surface area contributed by atoms with Crippen LogP contribution < -0.4 is 14.2 Å². The summed E-state index contributed by atoms with van der Waals surface area (Å²) >= 11 is 0. The fourth-order valence-corrected chi connectivity index (χ4v) is 2.22. The standard InChI is InChI=1S/C15H22N2O3/c1-6-17(7-2)12(10-16)15-13(19-4)8-11(18-3)9-14(15)20-5/h8-9,12H,6-7H2,1-5H3. The van der Waals surface area contributed by atoms with Crippen LogP contribution in [0.3, 0.4) is 0 Å². The number of nitrogens with zero attached hydrogens (tertiary/aromatic N) is 2. The second kappa shape index (κ2) is 7.61. The lowest BCUT2D eigenvalue weighted by atomic mass is 10.0. The molecule has 0 fully saturated rings. The Hall–Kier alpha value is -1.93. The van der Waals surface area contributed by atoms with Gasteiger partial charge in [-0.15, -0.1) is 0 Å². The first-order valence-electron chi connectivity index (χ1n) is 6.60. The zero-order chi connectivity index (χ0) is 15.1. The van der Waals surface area contributed by atoms with E-state index in [1.807, 2.05) is 18.7 Å². The molecule has 1 unspecified atom stereocenters. The Morgan fingerprint density at radius 2 is 1.55 bits per heavy atom. The molecule has 0 radical (unpaired) electrons. The molecular formula is C15H22N2O3. The Kier molecular flexibility index (Phi) is 6.13. The van der Waals surface area contributed by atoms with Gasteiger partial charge in [-0.1, -0.05) is 13.8 Å². The minimum atomic E-state index is -0.416. The topological polar surface area (TPSA) is 54.7 Å². The van der Waals surface area contributed by atoms with Crippen molar-refractivity contribution in [2.45, 2.75) is 19.9 Å². The molecule has 0 spiro atoms. The predicted molar refractivity (Wildman–Crippen MR) is 77.4 cm³/mol. The Bertz CT molecular complexity index is 453. The molecule has 0 aliphatic carbocycles. The van der Waals surface area contributed by atoms with E-state index >= 15 is 0 Å². The molecule has 20 heavy (non-hydrogen) atoms. The van der Waals surface area contributed by atoms with E-state index < -0.39 is 6.04 Å². The molecule has 1 aromatic carbocycles. The van der Waals surface area contributed by atoms with Gasteiger partial charge in [0.25, 0.3) is 0 Å². The van der Waals surface area contributed by atoms with Gasteiger partial charge < -0.3 is 14.2 Å². The van der Waals surface area contributed by atoms with Gasteiger partial charge in [0.1, 0.15) is 23.3 Å². The number of methoxy groups -OCH3 is 3. The predicted octanol–water partition coefficient (Wildman–Crippen LogP) is 2.62. The van der Waals surface area contributed by atoms with E-state index in [0.717, 1.165) is 18.7 Å². The third-order valence-corrected chi connectivity index (χ3v) is 3.33. The highest BCUT2D eigenvalue weighted by atomic mass is 16.5. The molecule has 0 bridgehead atoms. The first kappa shape index (κ1) is 16.1. The third kappa shape index (κ3) is 3.14. The largest absolute Gasteiger partial charge is 0.496 e. The SMILES string of the molecule is CCN(CC)C(C#N)c1c(OC)cc(OC)cc1OC. The summed E-state index contributed by atoms with van der Waals surface area (Å²) in [5, 5.41) is 9.54. The van der Waals surface area contributed by atoms with Crippen LogP contribution in [0.1, 0.15) is 25.5 Å². The van der Waals surface area contributed by atoms with Gasteiger partial charge in [0.2, 0.25) is 0 Å². The molecule has 0 amide bonds. The summed E-state index contributed by atoms with van der Waals surface area (Å²) in [5.41, 5.74) is 0.738. The quantitative estimate of drug-likeness (QED) is 0.767. The zero-order valence-corrected chi connectivity index (χ0v) is 12.8. The Morgan fingerprint density at radius 3 is 1.85 bits per heavy atom. The van der Waals surface area contributed by atoms with Crippen LogP contribution in [0, 0.1) is 11.3 Å². The molecule has 0 heterocycles. The van der Waals surface area contributed by atoms with Gasteiger partial charge in [-0.25, -0.2) is 0 Å². The molecule has 5 heteroatoms. The molecule has 0 saturated heterocycles. The summed E-state index contributed by atoms with van der Waals surface area (Å²) in [4.78, 5) is 2.05. The molecule has 5 nitrogen and oxygen atoms in total. The van der Waals surface area contributed by atoms with Crippen molar-refractivity contribution >= 4 is 0 Å². The van der Waals surface area contributed by atoms with Crippen LogP contribution in [0.4, 0.5) is 0 Å². The molecular weight excluding hydrogens is 256 g/mol. The zero-order valence-electron chi connectivity index (χ0n) is 12.8. The summed E-state index contributed by atoms with van der Waals surface area (Å²) in [7, 11) is 4.74. The monoisotopic (exact) mass is 278 g/mol. The average molecular weight is 278 g/mol. The van der Waals surface area contributed by atoms with Crippen molar-refractivity contribution in [3.05, 3.63) is 17.7 Å². The highest BCUT2D eigenvalue weighted by Crippen LogP contribution is 2.40. The minimum absolute atomic E-state index is 0.416. The smallest absolute Gasteiger partial charge is 0.132 e. The third-order valence-electron chi connectivity index (χ3n) is 3.33. The number of nitriles is 1. The normalized spacial score (nSPS) is 11.8. The Labute approximate surface area is 120 Å². The first-order chi connectivity index (χ1) is 9.66. The van der Waals surface area contributed by atoms with Crippen molar-refractivity contribution in [1.82, 2.24) is 4.90 Å². The number of hydrogen-bond acceptors (Lipinski definition) is 5. The first-order valence-corrected chi connectivity index (χ1v) is 6.60. The molecule has 1 atom stereocenters. The molecule has 0 aromatic heterocycles. The van der Waals surface area contributed by atoms with Crippen LogP contribution in [-0.2, 0) is 0 Å². The van der Waals surface area contributed by atoms with E-state index in [1.165, 1.54) is 0 Å². The maximum absolute atomic E-state index is 9.54. The second-order valence-corrected chi connectivity index (χ2v) is 4.20. The molecule has 0 N–H and O–H groups in total. The van der Waals surface area contributed by atoms with Gasteiger partial charge in [-0.05, 0) is 13.1 Å². The van der Waals surface area contributed by atoms with Crippen LogP contribution in [0.5, 0.6) is 17.2 Å². The van der Waals surface area contributed by atoms with Gasteiger partial charge in [-0.3, -0.25) is 4.90 Å². The highest BCUT2D eigenvalue weighted by molar-refractivity contribution is 5.53. The van der Waals surface area contributed by atoms with Crippen LogP contribution in [0.2, 0.25) is 0 Å². The van der Waals surface area contributed by atoms with Crippen molar-refractivity contribution < 1.29 is 14.2 Å². The van der Waals surface area contributed by atoms with E-state index in [0.29, 0.717) is 17.2 Å². The van der Waals surface area contributed by atoms with Gasteiger partial charge in [0.05, 0.1) is 33.0 Å². The fraction of sp³-hybridized carbons (Fsp3) is 0.533. The molecule has 1 aromatic rings. The summed E-state index contributed by atoms with van der Waals surface area (Å²) in [5.74, 6) is 1.83. The lowest BCUT2D eigenvalue weighted by Crippen LogP contribution is -2.28. The Morgan fingerprint density at radius 1 is 1.05 bits per heavy atom. The van der Waals surface area contributed by atoms with E-state index in [4.69, 9.17) is 14.2 Å². The summed E-state index contributed by atoms with van der Waals surface area (Å²) in [6, 6.07) is 5.46. The van der Waals surface area contributed by atoms with E-state index in [9.17, 15) is 5.26 Å². The number of ether oxygens (including phenoxy) is 3. The minimum Gasteiger partial charge on any atom is -0.496 e. The maximum atomic E-state index is 9.54. The van der Waals surface area contributed by atoms with Gasteiger partial charge in [0, 0.05) is 12.1 Å². The van der Waals surface area contributed by atoms with Crippen molar-refractivity contribution in [2.75, 3.05) is 34.4 Å². The van der Waals surface area contributed by atoms with Crippen molar-refractivity contribution in [3.8, 4) is 23.3 Å². The van der Waals surface area contributed by atoms with Crippen LogP contribution in [0.25, 0.3) is 0 Å². The van der Waals surface area contributed by atoms with E-state index in [-0.39, 0.29) is 0 Å². The second-order valence-electron chi connectivity index (χ2n) is 4.20. The molecule has 1 rings (SSSR count). The summed E-state index contributed by atoms with van der Waals surface area (Å²) < 4.78 is 16.1. The van der Waals surface area contributed by atoms with Crippen LogP contribution in [-0.4, -0.2) is 39.3 Å². The number of benzene rings is 1. The van der Waals surface area contributed by atoms with Gasteiger partial charge >= 0.3 is 0 Å². The summed E-state index contributed by atoms with van der Waals surface area (Å²) in [6.07, 6.45) is 0. The summed E-state index contributed by atoms with van der Waals surface area (Å²) in [6.45, 7) is 5.59. The molecule has 0 aliphatic heterocycles. The molecule has 0 aliphatic rings. The highest BCUT2D eigenvalue weighted by Gasteiger charge is 2.26. The fourth-order valence-electron chi connectivity index (χ4n) is 2.22. The van der Waals surface area contributed by atoms with Crippen molar-refractivity contribution in [2.24, 2.45) is 0 Å². The molecule has 110 valence electrons. The van der Waals surface area contributed by atoms with E-state index in [1.54, 1.807) is 33.5 Å².